The van der Waals surface area contributed by atoms with Crippen LogP contribution < -0.4 is 20.3 Å². The number of aliphatic hydroxyl groups is 1. The van der Waals surface area contributed by atoms with E-state index in [4.69, 9.17) is 21.4 Å². The van der Waals surface area contributed by atoms with Crippen LogP contribution in [0, 0.1) is 0 Å². The van der Waals surface area contributed by atoms with Crippen molar-refractivity contribution in [3.8, 4) is 5.75 Å². The van der Waals surface area contributed by atoms with Crippen molar-refractivity contribution in [3.63, 3.8) is 0 Å². The van der Waals surface area contributed by atoms with E-state index in [2.05, 4.69) is 25.7 Å². The Labute approximate surface area is 227 Å². The molecule has 3 aromatic rings. The number of halogens is 1. The van der Waals surface area contributed by atoms with E-state index in [1.165, 1.54) is 6.20 Å². The van der Waals surface area contributed by atoms with E-state index >= 15 is 0 Å². The van der Waals surface area contributed by atoms with Crippen LogP contribution in [0.1, 0.15) is 13.8 Å². The van der Waals surface area contributed by atoms with E-state index in [1.54, 1.807) is 51.6 Å². The van der Waals surface area contributed by atoms with Gasteiger partial charge in [-0.05, 0) is 38.1 Å². The highest BCUT2D eigenvalue weighted by atomic mass is 35.5. The molecule has 11 nitrogen and oxygen atoms in total. The molecule has 38 heavy (non-hydrogen) atoms. The molecule has 0 aliphatic carbocycles. The maximum atomic E-state index is 12.8. The smallest absolute Gasteiger partial charge is 0.229 e. The number of hydrazone groups is 1. The minimum absolute atomic E-state index is 0.0547. The summed E-state index contributed by atoms with van der Waals surface area (Å²) in [6, 6.07) is 12.3. The molecule has 0 spiro atoms. The molecule has 0 saturated carbocycles. The molecule has 3 N–H and O–H groups in total. The molecule has 202 valence electrons. The summed E-state index contributed by atoms with van der Waals surface area (Å²) < 4.78 is 31.3. The van der Waals surface area contributed by atoms with Crippen LogP contribution in [-0.4, -0.2) is 73.4 Å². The van der Waals surface area contributed by atoms with Gasteiger partial charge in [0.1, 0.15) is 17.1 Å². The number of ether oxygens (including phenoxy) is 1. The van der Waals surface area contributed by atoms with Crippen molar-refractivity contribution in [2.24, 2.45) is 5.10 Å². The zero-order chi connectivity index (χ0) is 27.3. The number of aromatic nitrogens is 2. The van der Waals surface area contributed by atoms with E-state index in [0.717, 1.165) is 5.69 Å². The second-order valence-corrected chi connectivity index (χ2v) is 11.6. The van der Waals surface area contributed by atoms with Crippen molar-refractivity contribution in [2.75, 3.05) is 48.9 Å². The number of anilines is 5. The Morgan fingerprint density at radius 2 is 1.92 bits per heavy atom. The maximum absolute atomic E-state index is 12.8. The monoisotopic (exact) mass is 559 g/mol. The molecule has 2 aromatic carbocycles. The highest BCUT2D eigenvalue weighted by Crippen LogP contribution is 2.33. The third kappa shape index (κ3) is 6.09. The number of β-amino-alcohol motifs (C(OH)–C–C–N with tert-alkyl or cyclic N) is 1. The number of methoxy groups -OCH3 is 1. The third-order valence-electron chi connectivity index (χ3n) is 5.89. The minimum Gasteiger partial charge on any atom is -0.494 e. The van der Waals surface area contributed by atoms with Gasteiger partial charge >= 0.3 is 0 Å². The summed E-state index contributed by atoms with van der Waals surface area (Å²) in [7, 11) is -1.97. The molecule has 2 heterocycles. The maximum Gasteiger partial charge on any atom is 0.229 e. The van der Waals surface area contributed by atoms with Gasteiger partial charge in [0.25, 0.3) is 0 Å². The standard InChI is InChI=1S/C25H30ClN7O4S/c1-17(2)38(35,36)23-7-5-4-6-21(23)29-24-19(26)15-27-25(31-24)30-20-9-8-18(14-22(20)37-3)32-10-11-33(12-13-34)28-16-32/h4-9,14-17,34H,10-13H2,1-3H3,(H2,27,29,30,31). The minimum atomic E-state index is -3.54. The summed E-state index contributed by atoms with van der Waals surface area (Å²) in [5.41, 5.74) is 1.89. The first kappa shape index (κ1) is 27.4. The number of sulfone groups is 1. The summed E-state index contributed by atoms with van der Waals surface area (Å²) in [4.78, 5) is 10.9. The second-order valence-electron chi connectivity index (χ2n) is 8.72. The SMILES string of the molecule is COc1cc(N2C=NN(CCO)CC2)ccc1Nc1ncc(Cl)c(Nc2ccccc2S(=O)(=O)C(C)C)n1. The zero-order valence-electron chi connectivity index (χ0n) is 21.3. The average molecular weight is 560 g/mol. The number of para-hydroxylation sites is 1. The van der Waals surface area contributed by atoms with Crippen LogP contribution in [0.25, 0.3) is 0 Å². The fourth-order valence-electron chi connectivity index (χ4n) is 3.75. The first-order valence-corrected chi connectivity index (χ1v) is 13.9. The molecule has 0 saturated heterocycles. The molecular formula is C25H30ClN7O4S. The van der Waals surface area contributed by atoms with E-state index < -0.39 is 15.1 Å². The summed E-state index contributed by atoms with van der Waals surface area (Å²) >= 11 is 6.35. The van der Waals surface area contributed by atoms with E-state index in [0.29, 0.717) is 36.8 Å². The molecule has 1 aromatic heterocycles. The highest BCUT2D eigenvalue weighted by Gasteiger charge is 2.23. The number of nitrogens with zero attached hydrogens (tertiary/aromatic N) is 5. The molecule has 4 rings (SSSR count). The van der Waals surface area contributed by atoms with Crippen molar-refractivity contribution in [3.05, 3.63) is 53.7 Å². The van der Waals surface area contributed by atoms with Gasteiger partial charge in [0, 0.05) is 18.3 Å². The molecule has 13 heteroatoms. The van der Waals surface area contributed by atoms with Crippen LogP contribution in [0.15, 0.2) is 58.7 Å². The molecule has 0 bridgehead atoms. The van der Waals surface area contributed by atoms with E-state index in [-0.39, 0.29) is 28.3 Å². The molecule has 0 radical (unpaired) electrons. The average Bonchev–Trinajstić information content (AvgIpc) is 2.91. The lowest BCUT2D eigenvalue weighted by molar-refractivity contribution is 0.201. The van der Waals surface area contributed by atoms with Gasteiger partial charge in [0.15, 0.2) is 15.7 Å². The lowest BCUT2D eigenvalue weighted by Gasteiger charge is -2.29. The molecule has 0 amide bonds. The summed E-state index contributed by atoms with van der Waals surface area (Å²) in [5, 5.41) is 21.1. The topological polar surface area (TPSA) is 132 Å². The molecule has 0 unspecified atom stereocenters. The molecule has 1 aliphatic rings. The Bertz CT molecular complexity index is 1420. The van der Waals surface area contributed by atoms with Gasteiger partial charge in [0.05, 0.1) is 54.5 Å². The second kappa shape index (κ2) is 11.8. The lowest BCUT2D eigenvalue weighted by Crippen LogP contribution is -2.38. The number of nitrogens with one attached hydrogen (secondary N) is 2. The van der Waals surface area contributed by atoms with Gasteiger partial charge in [-0.3, -0.25) is 5.01 Å². The number of hydrogen-bond acceptors (Lipinski definition) is 11. The highest BCUT2D eigenvalue weighted by molar-refractivity contribution is 7.92. The number of rotatable bonds is 10. The predicted octanol–water partition coefficient (Wildman–Crippen LogP) is 3.87. The number of benzene rings is 2. The summed E-state index contributed by atoms with van der Waals surface area (Å²) in [6.07, 6.45) is 3.15. The van der Waals surface area contributed by atoms with Gasteiger partial charge in [-0.25, -0.2) is 13.4 Å². The fourth-order valence-corrected chi connectivity index (χ4v) is 5.09. The van der Waals surface area contributed by atoms with Crippen molar-refractivity contribution in [1.82, 2.24) is 15.0 Å². The normalized spacial score (nSPS) is 13.6. The van der Waals surface area contributed by atoms with Gasteiger partial charge < -0.3 is 25.4 Å². The van der Waals surface area contributed by atoms with Crippen molar-refractivity contribution in [1.29, 1.82) is 0 Å². The largest absolute Gasteiger partial charge is 0.494 e. The van der Waals surface area contributed by atoms with Gasteiger partial charge in [-0.15, -0.1) is 0 Å². The van der Waals surface area contributed by atoms with E-state index in [1.807, 2.05) is 28.1 Å². The Kier molecular flexibility index (Phi) is 8.55. The Morgan fingerprint density at radius 3 is 2.61 bits per heavy atom. The summed E-state index contributed by atoms with van der Waals surface area (Å²) in [5.74, 6) is 1.06. The van der Waals surface area contributed by atoms with E-state index in [9.17, 15) is 8.42 Å². The predicted molar refractivity (Wildman–Crippen MR) is 150 cm³/mol. The van der Waals surface area contributed by atoms with Crippen LogP contribution in [-0.2, 0) is 9.84 Å². The molecule has 0 fully saturated rings. The van der Waals surface area contributed by atoms with Gasteiger partial charge in [-0.2, -0.15) is 10.1 Å². The van der Waals surface area contributed by atoms with Crippen LogP contribution in [0.5, 0.6) is 5.75 Å². The number of hydrogen-bond donors (Lipinski definition) is 3. The Morgan fingerprint density at radius 1 is 1.13 bits per heavy atom. The quantitative estimate of drug-likeness (QED) is 0.336. The molecular weight excluding hydrogens is 530 g/mol. The third-order valence-corrected chi connectivity index (χ3v) is 8.37. The van der Waals surface area contributed by atoms with Crippen LogP contribution in [0.3, 0.4) is 0 Å². The lowest BCUT2D eigenvalue weighted by atomic mass is 10.2. The van der Waals surface area contributed by atoms with Crippen LogP contribution >= 0.6 is 11.6 Å². The number of aliphatic hydroxyl groups excluding tert-OH is 1. The van der Waals surface area contributed by atoms with Crippen molar-refractivity contribution in [2.45, 2.75) is 24.0 Å². The van der Waals surface area contributed by atoms with Crippen molar-refractivity contribution < 1.29 is 18.3 Å². The van der Waals surface area contributed by atoms with Gasteiger partial charge in [-0.1, -0.05) is 23.7 Å². The Hall–Kier alpha value is -3.61. The first-order chi connectivity index (χ1) is 18.2. The van der Waals surface area contributed by atoms with Crippen LogP contribution in [0.2, 0.25) is 5.02 Å². The molecule has 1 aliphatic heterocycles. The van der Waals surface area contributed by atoms with Gasteiger partial charge in [0.2, 0.25) is 5.95 Å². The zero-order valence-corrected chi connectivity index (χ0v) is 22.9. The first-order valence-electron chi connectivity index (χ1n) is 12.0. The van der Waals surface area contributed by atoms with Crippen molar-refractivity contribution >= 4 is 56.6 Å². The molecule has 0 atom stereocenters. The van der Waals surface area contributed by atoms with Crippen LogP contribution in [0.4, 0.5) is 28.8 Å². The summed E-state index contributed by atoms with van der Waals surface area (Å²) in [6.45, 7) is 5.22. The Balaban J connectivity index is 1.56. The fraction of sp³-hybridized carbons (Fsp3) is 0.320.